The standard InChI is InChI=1S/C13H6Br2ClF2NO3/c14-7-4-9(18)12(19(21)22)11(15)10(7)13(20)6-2-1-5(17)3-8(6)16/h1-4,13,20H. The maximum Gasteiger partial charge on any atom is 0.319 e. The molecule has 0 aromatic heterocycles. The van der Waals surface area contributed by atoms with Crippen LogP contribution in [0.2, 0.25) is 5.02 Å². The van der Waals surface area contributed by atoms with Crippen LogP contribution in [-0.4, -0.2) is 10.0 Å². The summed E-state index contributed by atoms with van der Waals surface area (Å²) >= 11 is 11.9. The van der Waals surface area contributed by atoms with Gasteiger partial charge < -0.3 is 5.11 Å². The molecule has 0 aliphatic carbocycles. The lowest BCUT2D eigenvalue weighted by molar-refractivity contribution is -0.388. The van der Waals surface area contributed by atoms with Gasteiger partial charge in [0.1, 0.15) is 16.4 Å². The van der Waals surface area contributed by atoms with Crippen molar-refractivity contribution in [2.24, 2.45) is 0 Å². The maximum absolute atomic E-state index is 13.7. The first-order chi connectivity index (χ1) is 10.2. The zero-order valence-corrected chi connectivity index (χ0v) is 14.4. The van der Waals surface area contributed by atoms with Gasteiger partial charge in [0, 0.05) is 20.6 Å². The van der Waals surface area contributed by atoms with E-state index in [1.165, 1.54) is 6.07 Å². The quantitative estimate of drug-likeness (QED) is 0.513. The van der Waals surface area contributed by atoms with E-state index in [1.54, 1.807) is 0 Å². The number of halogens is 5. The molecule has 4 nitrogen and oxygen atoms in total. The van der Waals surface area contributed by atoms with Gasteiger partial charge in [-0.25, -0.2) is 4.39 Å². The third-order valence-electron chi connectivity index (χ3n) is 2.89. The van der Waals surface area contributed by atoms with Crippen LogP contribution < -0.4 is 0 Å². The Kier molecular flexibility index (Phi) is 5.16. The summed E-state index contributed by atoms with van der Waals surface area (Å²) in [6.45, 7) is 0. The fourth-order valence-electron chi connectivity index (χ4n) is 1.89. The van der Waals surface area contributed by atoms with Crippen molar-refractivity contribution in [1.29, 1.82) is 0 Å². The molecule has 2 rings (SSSR count). The summed E-state index contributed by atoms with van der Waals surface area (Å²) in [5, 5.41) is 21.3. The van der Waals surface area contributed by atoms with Gasteiger partial charge >= 0.3 is 5.69 Å². The summed E-state index contributed by atoms with van der Waals surface area (Å²) in [6.07, 6.45) is -1.42. The van der Waals surface area contributed by atoms with Gasteiger partial charge in [0.25, 0.3) is 0 Å². The van der Waals surface area contributed by atoms with E-state index in [0.717, 1.165) is 18.2 Å². The Balaban J connectivity index is 2.66. The highest BCUT2D eigenvalue weighted by molar-refractivity contribution is 9.11. The minimum absolute atomic E-state index is 0.0154. The number of hydrogen-bond acceptors (Lipinski definition) is 3. The summed E-state index contributed by atoms with van der Waals surface area (Å²) in [7, 11) is 0. The molecule has 0 saturated carbocycles. The highest BCUT2D eigenvalue weighted by Crippen LogP contribution is 2.42. The lowest BCUT2D eigenvalue weighted by Gasteiger charge is -2.17. The van der Waals surface area contributed by atoms with Crippen LogP contribution in [-0.2, 0) is 0 Å². The first kappa shape index (κ1) is 17.3. The molecule has 0 radical (unpaired) electrons. The number of nitrogens with zero attached hydrogens (tertiary/aromatic N) is 1. The van der Waals surface area contributed by atoms with Crippen LogP contribution in [0.5, 0.6) is 0 Å². The molecule has 9 heteroatoms. The van der Waals surface area contributed by atoms with Crippen LogP contribution in [0.15, 0.2) is 33.2 Å². The molecule has 2 aromatic carbocycles. The molecule has 0 heterocycles. The average Bonchev–Trinajstić information content (AvgIpc) is 2.36. The third-order valence-corrected chi connectivity index (χ3v) is 4.68. The zero-order valence-electron chi connectivity index (χ0n) is 10.5. The van der Waals surface area contributed by atoms with Gasteiger partial charge in [0.15, 0.2) is 0 Å². The second kappa shape index (κ2) is 6.57. The SMILES string of the molecule is O=[N+]([O-])c1c(F)cc(Br)c(C(O)c2ccc(F)cc2Cl)c1Br. The predicted octanol–water partition coefficient (Wildman–Crippen LogP) is 5.13. The molecular weight excluding hydrogens is 451 g/mol. The van der Waals surface area contributed by atoms with E-state index in [2.05, 4.69) is 31.9 Å². The van der Waals surface area contributed by atoms with Crippen molar-refractivity contribution in [1.82, 2.24) is 0 Å². The lowest BCUT2D eigenvalue weighted by atomic mass is 10.0. The molecule has 1 unspecified atom stereocenters. The third kappa shape index (κ3) is 3.15. The number of rotatable bonds is 3. The van der Waals surface area contributed by atoms with Crippen molar-refractivity contribution in [2.75, 3.05) is 0 Å². The molecule has 1 N–H and O–H groups in total. The lowest BCUT2D eigenvalue weighted by Crippen LogP contribution is -2.06. The Morgan fingerprint density at radius 1 is 1.27 bits per heavy atom. The molecule has 0 saturated heterocycles. The van der Waals surface area contributed by atoms with Crippen LogP contribution in [0.25, 0.3) is 0 Å². The maximum atomic E-state index is 13.7. The summed E-state index contributed by atoms with van der Waals surface area (Å²) < 4.78 is 26.6. The van der Waals surface area contributed by atoms with E-state index < -0.39 is 28.3 Å². The number of nitro groups is 1. The zero-order chi connectivity index (χ0) is 16.6. The van der Waals surface area contributed by atoms with Crippen LogP contribution in [0.4, 0.5) is 14.5 Å². The fourth-order valence-corrected chi connectivity index (χ4v) is 3.81. The van der Waals surface area contributed by atoms with Gasteiger partial charge in [-0.2, -0.15) is 4.39 Å². The van der Waals surface area contributed by atoms with E-state index in [-0.39, 0.29) is 25.1 Å². The van der Waals surface area contributed by atoms with Crippen LogP contribution in [0.1, 0.15) is 17.2 Å². The van der Waals surface area contributed by atoms with E-state index in [0.29, 0.717) is 0 Å². The predicted molar refractivity (Wildman–Crippen MR) is 83.9 cm³/mol. The van der Waals surface area contributed by atoms with Gasteiger partial charge in [-0.05, 0) is 34.1 Å². The van der Waals surface area contributed by atoms with Crippen molar-refractivity contribution in [2.45, 2.75) is 6.10 Å². The van der Waals surface area contributed by atoms with E-state index in [1.807, 2.05) is 0 Å². The molecule has 116 valence electrons. The Hall–Kier alpha value is -1.09. The molecule has 2 aromatic rings. The van der Waals surface area contributed by atoms with E-state index >= 15 is 0 Å². The van der Waals surface area contributed by atoms with Gasteiger partial charge in [0.2, 0.25) is 5.82 Å². The minimum atomic E-state index is -1.42. The Labute approximate surface area is 145 Å². The van der Waals surface area contributed by atoms with E-state index in [9.17, 15) is 24.0 Å². The summed E-state index contributed by atoms with van der Waals surface area (Å²) in [4.78, 5) is 10.0. The molecule has 0 spiro atoms. The summed E-state index contributed by atoms with van der Waals surface area (Å²) in [6, 6.07) is 4.21. The van der Waals surface area contributed by atoms with Crippen LogP contribution in [0, 0.1) is 21.7 Å². The fraction of sp³-hybridized carbons (Fsp3) is 0.0769. The molecule has 22 heavy (non-hydrogen) atoms. The number of nitro benzene ring substituents is 1. The molecule has 0 aliphatic heterocycles. The highest BCUT2D eigenvalue weighted by atomic mass is 79.9. The monoisotopic (exact) mass is 455 g/mol. The van der Waals surface area contributed by atoms with Crippen LogP contribution >= 0.6 is 43.5 Å². The number of benzene rings is 2. The molecule has 0 amide bonds. The molecule has 1 atom stereocenters. The number of hydrogen-bond donors (Lipinski definition) is 1. The van der Waals surface area contributed by atoms with Crippen molar-refractivity contribution >= 4 is 49.1 Å². The van der Waals surface area contributed by atoms with Crippen molar-refractivity contribution in [3.8, 4) is 0 Å². The smallest absolute Gasteiger partial charge is 0.319 e. The second-order valence-electron chi connectivity index (χ2n) is 4.24. The summed E-state index contributed by atoms with van der Waals surface area (Å²) in [5.74, 6) is -1.66. The second-order valence-corrected chi connectivity index (χ2v) is 6.30. The number of aliphatic hydroxyl groups excluding tert-OH is 1. The Morgan fingerprint density at radius 3 is 2.45 bits per heavy atom. The average molecular weight is 457 g/mol. The normalized spacial score (nSPS) is 12.3. The largest absolute Gasteiger partial charge is 0.384 e. The molecule has 0 aliphatic rings. The minimum Gasteiger partial charge on any atom is -0.384 e. The van der Waals surface area contributed by atoms with Gasteiger partial charge in [0.05, 0.1) is 4.92 Å². The molecule has 0 bridgehead atoms. The van der Waals surface area contributed by atoms with Gasteiger partial charge in [-0.15, -0.1) is 0 Å². The van der Waals surface area contributed by atoms with Gasteiger partial charge in [-0.1, -0.05) is 33.6 Å². The van der Waals surface area contributed by atoms with Crippen molar-refractivity contribution < 1.29 is 18.8 Å². The summed E-state index contributed by atoms with van der Waals surface area (Å²) in [5.41, 5.74) is -0.664. The first-order valence-corrected chi connectivity index (χ1v) is 7.65. The number of aliphatic hydroxyl groups is 1. The molecular formula is C13H6Br2ClF2NO3. The van der Waals surface area contributed by atoms with E-state index in [4.69, 9.17) is 11.6 Å². The highest BCUT2D eigenvalue weighted by Gasteiger charge is 2.29. The van der Waals surface area contributed by atoms with Crippen LogP contribution in [0.3, 0.4) is 0 Å². The topological polar surface area (TPSA) is 63.4 Å². The first-order valence-electron chi connectivity index (χ1n) is 5.68. The van der Waals surface area contributed by atoms with Crippen molar-refractivity contribution in [3.05, 3.63) is 71.1 Å². The molecule has 0 fully saturated rings. The Bertz CT molecular complexity index is 773. The van der Waals surface area contributed by atoms with Crippen molar-refractivity contribution in [3.63, 3.8) is 0 Å². The van der Waals surface area contributed by atoms with Gasteiger partial charge in [-0.3, -0.25) is 10.1 Å². The Morgan fingerprint density at radius 2 is 1.91 bits per heavy atom.